The lowest BCUT2D eigenvalue weighted by molar-refractivity contribution is -0.137. The number of urea groups is 1. The number of halogens is 3. The average Bonchev–Trinajstić information content (AvgIpc) is 3.94. The lowest BCUT2D eigenvalue weighted by Crippen LogP contribution is -2.39. The fraction of sp³-hybridized carbons (Fsp3) is 0.353. The number of carbonyl (C=O) groups is 3. The molecule has 7 rings (SSSR count). The third-order valence-electron chi connectivity index (χ3n) is 12.2. The predicted octanol–water partition coefficient (Wildman–Crippen LogP) is 7.70. The SMILES string of the molecule is CN(C(=O)Cc1ccccc1NC(=O)Nc1ccc(C(F)(F)F)cc1)[C@H](CN1CC[C@H](O)C1)c1ccccc1.CNc1ccccc1CC(=O)N(C)[C@H](CN1CC[C@H](O)C1)c1ccccc1. The van der Waals surface area contributed by atoms with Gasteiger partial charge in [0.1, 0.15) is 0 Å². The minimum absolute atomic E-state index is 0.0270. The minimum atomic E-state index is -4.46. The summed E-state index contributed by atoms with van der Waals surface area (Å²) >= 11 is 0. The van der Waals surface area contributed by atoms with E-state index < -0.39 is 17.8 Å². The summed E-state index contributed by atoms with van der Waals surface area (Å²) < 4.78 is 38.4. The molecule has 4 amide bonds. The molecule has 2 fully saturated rings. The molecular weight excluding hydrogens is 848 g/mol. The first-order valence-corrected chi connectivity index (χ1v) is 22.2. The Bertz CT molecular complexity index is 2340. The number of para-hydroxylation sites is 2. The summed E-state index contributed by atoms with van der Waals surface area (Å²) in [4.78, 5) is 47.0. The number of likely N-dealkylation sites (N-methyl/N-ethyl adjacent to an activating group) is 2. The Morgan fingerprint density at radius 2 is 1.05 bits per heavy atom. The number of β-amino-alcohol motifs (C(OH)–C–C–N with tert-alkyl or cyclic N) is 2. The van der Waals surface area contributed by atoms with Crippen molar-refractivity contribution in [2.24, 2.45) is 0 Å². The molecule has 2 heterocycles. The molecule has 2 aliphatic rings. The standard InChI is InChI=1S/C29H31F3N4O3.C22H29N3O2/c1-35(26(20-7-3-2-4-8-20)19-36-16-15-24(37)18-36)27(38)17-21-9-5-6-10-25(21)34-28(39)33-23-13-11-22(12-14-23)29(30,31)32;1-23-20-11-7-6-10-18(20)14-22(27)24(2)21(17-8-4-3-5-9-17)16-25-13-12-19(26)15-25/h2-14,24,26,37H,15-19H2,1H3,(H2,33,34,39);3-11,19,21,23,26H,12-16H2,1-2H3/t24-,26+;19-,21+/m00/s1. The summed E-state index contributed by atoms with van der Waals surface area (Å²) in [7, 11) is 5.51. The van der Waals surface area contributed by atoms with Crippen molar-refractivity contribution in [1.82, 2.24) is 19.6 Å². The number of amides is 4. The van der Waals surface area contributed by atoms with E-state index in [9.17, 15) is 37.8 Å². The van der Waals surface area contributed by atoms with Crippen LogP contribution in [0.2, 0.25) is 0 Å². The molecule has 5 aromatic rings. The Labute approximate surface area is 385 Å². The van der Waals surface area contributed by atoms with Crippen molar-refractivity contribution in [3.63, 3.8) is 0 Å². The Balaban J connectivity index is 0.000000233. The Hall–Kier alpha value is -6.26. The number of carbonyl (C=O) groups excluding carboxylic acids is 3. The van der Waals surface area contributed by atoms with Crippen molar-refractivity contribution < 1.29 is 37.8 Å². The van der Waals surface area contributed by atoms with Gasteiger partial charge in [0.15, 0.2) is 0 Å². The Morgan fingerprint density at radius 1 is 0.621 bits per heavy atom. The summed E-state index contributed by atoms with van der Waals surface area (Å²) in [5.74, 6) is -0.0627. The van der Waals surface area contributed by atoms with Gasteiger partial charge in [0.25, 0.3) is 0 Å². The third kappa shape index (κ3) is 13.9. The van der Waals surface area contributed by atoms with E-state index in [2.05, 4.69) is 37.9 Å². The number of likely N-dealkylation sites (tertiary alicyclic amines) is 2. The Morgan fingerprint density at radius 3 is 1.47 bits per heavy atom. The molecule has 0 aliphatic carbocycles. The van der Waals surface area contributed by atoms with Crippen molar-refractivity contribution in [2.45, 2.75) is 56.2 Å². The van der Waals surface area contributed by atoms with Gasteiger partial charge in [0.2, 0.25) is 11.8 Å². The number of hydrogen-bond donors (Lipinski definition) is 5. The smallest absolute Gasteiger partial charge is 0.392 e. The topological polar surface area (TPSA) is 141 Å². The van der Waals surface area contributed by atoms with E-state index in [0.29, 0.717) is 43.7 Å². The molecule has 0 unspecified atom stereocenters. The predicted molar refractivity (Wildman–Crippen MR) is 252 cm³/mol. The molecular formula is C51H60F3N7O5. The van der Waals surface area contributed by atoms with Crippen molar-refractivity contribution >= 4 is 34.9 Å². The lowest BCUT2D eigenvalue weighted by Gasteiger charge is -2.32. The highest BCUT2D eigenvalue weighted by molar-refractivity contribution is 6.00. The molecule has 0 saturated carbocycles. The first-order chi connectivity index (χ1) is 31.7. The van der Waals surface area contributed by atoms with Crippen LogP contribution in [0.3, 0.4) is 0 Å². The molecule has 0 aromatic heterocycles. The van der Waals surface area contributed by atoms with E-state index in [1.807, 2.05) is 91.8 Å². The first kappa shape index (κ1) is 49.2. The number of alkyl halides is 3. The van der Waals surface area contributed by atoms with Gasteiger partial charge < -0.3 is 36.0 Å². The van der Waals surface area contributed by atoms with E-state index in [-0.39, 0.29) is 48.2 Å². The molecule has 4 atom stereocenters. The number of hydrogen-bond acceptors (Lipinski definition) is 8. The minimum Gasteiger partial charge on any atom is -0.392 e. The summed E-state index contributed by atoms with van der Waals surface area (Å²) in [5.41, 5.74) is 4.50. The average molecular weight is 908 g/mol. The monoisotopic (exact) mass is 907 g/mol. The molecule has 5 N–H and O–H groups in total. The maximum Gasteiger partial charge on any atom is 0.416 e. The van der Waals surface area contributed by atoms with Crippen LogP contribution in [-0.4, -0.2) is 120 Å². The second-order valence-corrected chi connectivity index (χ2v) is 16.8. The van der Waals surface area contributed by atoms with Crippen LogP contribution < -0.4 is 16.0 Å². The number of nitrogens with zero attached hydrogens (tertiary/aromatic N) is 4. The van der Waals surface area contributed by atoms with Crippen molar-refractivity contribution in [3.05, 3.63) is 161 Å². The molecule has 350 valence electrons. The summed E-state index contributed by atoms with van der Waals surface area (Å²) in [6.07, 6.45) is -3.20. The van der Waals surface area contributed by atoms with Gasteiger partial charge in [-0.2, -0.15) is 13.2 Å². The van der Waals surface area contributed by atoms with Crippen LogP contribution in [-0.2, 0) is 28.6 Å². The number of nitrogens with one attached hydrogen (secondary N) is 3. The highest BCUT2D eigenvalue weighted by atomic mass is 19.4. The van der Waals surface area contributed by atoms with Crippen LogP contribution in [0.4, 0.5) is 35.0 Å². The second-order valence-electron chi connectivity index (χ2n) is 16.8. The highest BCUT2D eigenvalue weighted by Gasteiger charge is 2.31. The normalized spacial score (nSPS) is 17.2. The van der Waals surface area contributed by atoms with Crippen LogP contribution in [0.5, 0.6) is 0 Å². The van der Waals surface area contributed by atoms with Crippen molar-refractivity contribution in [2.75, 3.05) is 76.4 Å². The molecule has 2 aliphatic heterocycles. The van der Waals surface area contributed by atoms with Gasteiger partial charge in [-0.3, -0.25) is 19.4 Å². The van der Waals surface area contributed by atoms with Gasteiger partial charge in [-0.1, -0.05) is 97.1 Å². The fourth-order valence-electron chi connectivity index (χ4n) is 8.36. The zero-order valence-electron chi connectivity index (χ0n) is 37.6. The molecule has 5 aromatic carbocycles. The number of aliphatic hydroxyl groups excluding tert-OH is 2. The van der Waals surface area contributed by atoms with E-state index in [1.165, 1.54) is 12.1 Å². The zero-order chi connectivity index (χ0) is 47.2. The van der Waals surface area contributed by atoms with Crippen LogP contribution in [0.25, 0.3) is 0 Å². The van der Waals surface area contributed by atoms with Crippen molar-refractivity contribution in [3.8, 4) is 0 Å². The van der Waals surface area contributed by atoms with Crippen LogP contribution in [0.1, 0.15) is 52.7 Å². The van der Waals surface area contributed by atoms with Crippen LogP contribution >= 0.6 is 0 Å². The zero-order valence-corrected chi connectivity index (χ0v) is 37.6. The van der Waals surface area contributed by atoms with Crippen LogP contribution in [0, 0.1) is 0 Å². The maximum absolute atomic E-state index is 13.4. The van der Waals surface area contributed by atoms with E-state index >= 15 is 0 Å². The molecule has 12 nitrogen and oxygen atoms in total. The van der Waals surface area contributed by atoms with Gasteiger partial charge in [0.05, 0.1) is 42.7 Å². The number of rotatable bonds is 15. The van der Waals surface area contributed by atoms with Gasteiger partial charge in [-0.05, 0) is 71.5 Å². The maximum atomic E-state index is 13.4. The number of anilines is 3. The largest absolute Gasteiger partial charge is 0.416 e. The van der Waals surface area contributed by atoms with Crippen LogP contribution in [0.15, 0.2) is 133 Å². The number of benzene rings is 5. The van der Waals surface area contributed by atoms with E-state index in [4.69, 9.17) is 0 Å². The molecule has 0 spiro atoms. The molecule has 0 radical (unpaired) electrons. The van der Waals surface area contributed by atoms with E-state index in [0.717, 1.165) is 60.6 Å². The van der Waals surface area contributed by atoms with Gasteiger partial charge in [-0.15, -0.1) is 0 Å². The van der Waals surface area contributed by atoms with Crippen molar-refractivity contribution in [1.29, 1.82) is 0 Å². The van der Waals surface area contributed by atoms with Gasteiger partial charge >= 0.3 is 12.2 Å². The fourth-order valence-corrected chi connectivity index (χ4v) is 8.36. The third-order valence-corrected chi connectivity index (χ3v) is 12.2. The van der Waals surface area contributed by atoms with Gasteiger partial charge in [0, 0.05) is 77.5 Å². The molecule has 66 heavy (non-hydrogen) atoms. The summed E-state index contributed by atoms with van der Waals surface area (Å²) in [6, 6.07) is 37.9. The molecule has 15 heteroatoms. The Kier molecular flexibility index (Phi) is 17.3. The van der Waals surface area contributed by atoms with E-state index in [1.54, 1.807) is 36.2 Å². The quantitative estimate of drug-likeness (QED) is 0.0721. The lowest BCUT2D eigenvalue weighted by atomic mass is 10.0. The number of aliphatic hydroxyl groups is 2. The summed E-state index contributed by atoms with van der Waals surface area (Å²) in [6.45, 7) is 4.18. The molecule has 0 bridgehead atoms. The molecule has 2 saturated heterocycles. The summed E-state index contributed by atoms with van der Waals surface area (Å²) in [5, 5.41) is 28.2. The highest BCUT2D eigenvalue weighted by Crippen LogP contribution is 2.31. The second kappa shape index (κ2) is 23.3. The first-order valence-electron chi connectivity index (χ1n) is 22.2. The van der Waals surface area contributed by atoms with Gasteiger partial charge in [-0.25, -0.2) is 4.79 Å².